The van der Waals surface area contributed by atoms with Crippen LogP contribution in [0.15, 0.2) is 18.2 Å². The third-order valence-corrected chi connectivity index (χ3v) is 4.93. The number of rotatable bonds is 6. The van der Waals surface area contributed by atoms with Crippen molar-refractivity contribution in [1.29, 1.82) is 0 Å². The molecule has 0 saturated carbocycles. The monoisotopic (exact) mass is 334 g/mol. The van der Waals surface area contributed by atoms with E-state index in [9.17, 15) is 14.9 Å². The second-order valence-electron chi connectivity index (χ2n) is 6.56. The molecule has 6 heteroatoms. The fraction of sp³-hybridized carbons (Fsp3) is 0.611. The summed E-state index contributed by atoms with van der Waals surface area (Å²) in [5.74, 6) is 0.314. The van der Waals surface area contributed by atoms with Crippen LogP contribution < -0.4 is 4.90 Å². The molecule has 1 saturated heterocycles. The molecule has 0 aromatic heterocycles. The number of carbonyl (C=O) groups is 1. The first-order valence-corrected chi connectivity index (χ1v) is 8.56. The van der Waals surface area contributed by atoms with Crippen LogP contribution in [0.2, 0.25) is 0 Å². The summed E-state index contributed by atoms with van der Waals surface area (Å²) in [6, 6.07) is 5.38. The summed E-state index contributed by atoms with van der Waals surface area (Å²) < 4.78 is 4.73. The van der Waals surface area contributed by atoms with E-state index in [1.165, 1.54) is 7.11 Å². The van der Waals surface area contributed by atoms with Gasteiger partial charge in [-0.05, 0) is 42.7 Å². The van der Waals surface area contributed by atoms with Gasteiger partial charge < -0.3 is 9.64 Å². The third-order valence-electron chi connectivity index (χ3n) is 4.93. The van der Waals surface area contributed by atoms with Gasteiger partial charge in [0.1, 0.15) is 5.69 Å². The molecule has 0 radical (unpaired) electrons. The molecule has 0 bridgehead atoms. The number of carbonyl (C=O) groups excluding carboxylic acids is 1. The van der Waals surface area contributed by atoms with Gasteiger partial charge in [0.05, 0.1) is 18.5 Å². The maximum Gasteiger partial charge on any atom is 0.306 e. The molecule has 0 aliphatic carbocycles. The number of hydrogen-bond donors (Lipinski definition) is 0. The minimum atomic E-state index is -0.318. The zero-order chi connectivity index (χ0) is 17.7. The standard InChI is InChI=1S/C18H26N2O4/c1-4-14(12-18(21)24-3)15-5-6-16(17(11-15)20(22)23)19-9-7-13(2)8-10-19/h5-6,11,13-14H,4,7-10,12H2,1-3H3. The van der Waals surface area contributed by atoms with Crippen LogP contribution in [0.4, 0.5) is 11.4 Å². The van der Waals surface area contributed by atoms with E-state index in [2.05, 4.69) is 11.8 Å². The minimum absolute atomic E-state index is 0.0634. The molecular formula is C18H26N2O4. The zero-order valence-electron chi connectivity index (χ0n) is 14.7. The van der Waals surface area contributed by atoms with Gasteiger partial charge in [0, 0.05) is 19.2 Å². The average molecular weight is 334 g/mol. The second-order valence-corrected chi connectivity index (χ2v) is 6.56. The number of piperidine rings is 1. The highest BCUT2D eigenvalue weighted by Gasteiger charge is 2.25. The van der Waals surface area contributed by atoms with Crippen LogP contribution in [0.5, 0.6) is 0 Å². The Bertz CT molecular complexity index is 595. The van der Waals surface area contributed by atoms with Crippen molar-refractivity contribution in [2.75, 3.05) is 25.1 Å². The van der Waals surface area contributed by atoms with Gasteiger partial charge in [-0.25, -0.2) is 0 Å². The third kappa shape index (κ3) is 4.24. The lowest BCUT2D eigenvalue weighted by atomic mass is 9.92. The van der Waals surface area contributed by atoms with Crippen LogP contribution in [-0.4, -0.2) is 31.1 Å². The minimum Gasteiger partial charge on any atom is -0.469 e. The topological polar surface area (TPSA) is 72.7 Å². The molecule has 1 atom stereocenters. The lowest BCUT2D eigenvalue weighted by Crippen LogP contribution is -2.33. The van der Waals surface area contributed by atoms with Crippen LogP contribution in [-0.2, 0) is 9.53 Å². The predicted molar refractivity (Wildman–Crippen MR) is 93.4 cm³/mol. The van der Waals surface area contributed by atoms with E-state index in [1.807, 2.05) is 19.1 Å². The van der Waals surface area contributed by atoms with Crippen LogP contribution in [0, 0.1) is 16.0 Å². The lowest BCUT2D eigenvalue weighted by molar-refractivity contribution is -0.384. The Labute approximate surface area is 142 Å². The fourth-order valence-corrected chi connectivity index (χ4v) is 3.24. The predicted octanol–water partition coefficient (Wildman–Crippen LogP) is 3.89. The van der Waals surface area contributed by atoms with Crippen molar-refractivity contribution in [1.82, 2.24) is 0 Å². The quantitative estimate of drug-likeness (QED) is 0.448. The molecule has 1 aromatic carbocycles. The van der Waals surface area contributed by atoms with Crippen LogP contribution in [0.25, 0.3) is 0 Å². The normalized spacial score (nSPS) is 16.7. The molecule has 2 rings (SSSR count). The molecule has 24 heavy (non-hydrogen) atoms. The van der Waals surface area contributed by atoms with Gasteiger partial charge in [-0.1, -0.05) is 19.9 Å². The largest absolute Gasteiger partial charge is 0.469 e. The first kappa shape index (κ1) is 18.2. The second kappa shape index (κ2) is 8.13. The van der Waals surface area contributed by atoms with Gasteiger partial charge >= 0.3 is 5.97 Å². The van der Waals surface area contributed by atoms with Crippen molar-refractivity contribution in [3.63, 3.8) is 0 Å². The number of hydrogen-bond acceptors (Lipinski definition) is 5. The molecular weight excluding hydrogens is 308 g/mol. The van der Waals surface area contributed by atoms with E-state index in [4.69, 9.17) is 4.74 Å². The summed E-state index contributed by atoms with van der Waals surface area (Å²) >= 11 is 0. The lowest BCUT2D eigenvalue weighted by Gasteiger charge is -2.32. The number of methoxy groups -OCH3 is 1. The molecule has 1 fully saturated rings. The van der Waals surface area contributed by atoms with Crippen molar-refractivity contribution in [2.45, 2.75) is 45.4 Å². The van der Waals surface area contributed by atoms with E-state index in [1.54, 1.807) is 6.07 Å². The van der Waals surface area contributed by atoms with E-state index in [-0.39, 0.29) is 28.9 Å². The molecule has 0 N–H and O–H groups in total. The molecule has 0 amide bonds. The Morgan fingerprint density at radius 1 is 1.42 bits per heavy atom. The molecule has 1 aromatic rings. The van der Waals surface area contributed by atoms with E-state index >= 15 is 0 Å². The number of esters is 1. The number of ether oxygens (including phenoxy) is 1. The van der Waals surface area contributed by atoms with Crippen molar-refractivity contribution < 1.29 is 14.5 Å². The highest BCUT2D eigenvalue weighted by molar-refractivity contribution is 5.71. The summed E-state index contributed by atoms with van der Waals surface area (Å²) in [6.07, 6.45) is 3.08. The SMILES string of the molecule is CCC(CC(=O)OC)c1ccc(N2CCC(C)CC2)c([N+](=O)[O-])c1. The Balaban J connectivity index is 2.28. The van der Waals surface area contributed by atoms with Crippen molar-refractivity contribution >= 4 is 17.3 Å². The van der Waals surface area contributed by atoms with Gasteiger partial charge in [0.25, 0.3) is 5.69 Å². The highest BCUT2D eigenvalue weighted by Crippen LogP contribution is 2.35. The Hall–Kier alpha value is -2.11. The summed E-state index contributed by atoms with van der Waals surface area (Å²) in [4.78, 5) is 24.9. The molecule has 1 aliphatic rings. The molecule has 1 unspecified atom stereocenters. The van der Waals surface area contributed by atoms with Gasteiger partial charge in [0.15, 0.2) is 0 Å². The Kier molecular flexibility index (Phi) is 6.17. The van der Waals surface area contributed by atoms with Crippen LogP contribution in [0.3, 0.4) is 0 Å². The van der Waals surface area contributed by atoms with Gasteiger partial charge in [-0.3, -0.25) is 14.9 Å². The Morgan fingerprint density at radius 3 is 2.62 bits per heavy atom. The maximum atomic E-state index is 11.6. The average Bonchev–Trinajstić information content (AvgIpc) is 2.59. The number of nitro benzene ring substituents is 1. The maximum absolute atomic E-state index is 11.6. The summed E-state index contributed by atoms with van der Waals surface area (Å²) in [5, 5.41) is 11.6. The van der Waals surface area contributed by atoms with Crippen LogP contribution in [0.1, 0.15) is 51.0 Å². The zero-order valence-corrected chi connectivity index (χ0v) is 14.7. The van der Waals surface area contributed by atoms with Gasteiger partial charge in [0.2, 0.25) is 0 Å². The van der Waals surface area contributed by atoms with Crippen LogP contribution >= 0.6 is 0 Å². The van der Waals surface area contributed by atoms with Gasteiger partial charge in [-0.2, -0.15) is 0 Å². The highest BCUT2D eigenvalue weighted by atomic mass is 16.6. The van der Waals surface area contributed by atoms with Crippen molar-refractivity contribution in [3.05, 3.63) is 33.9 Å². The van der Waals surface area contributed by atoms with E-state index < -0.39 is 0 Å². The molecule has 132 valence electrons. The molecule has 1 aliphatic heterocycles. The summed E-state index contributed by atoms with van der Waals surface area (Å²) in [5.41, 5.74) is 1.64. The first-order chi connectivity index (χ1) is 11.5. The molecule has 6 nitrogen and oxygen atoms in total. The first-order valence-electron chi connectivity index (χ1n) is 8.56. The van der Waals surface area contributed by atoms with E-state index in [0.717, 1.165) is 37.9 Å². The number of anilines is 1. The van der Waals surface area contributed by atoms with E-state index in [0.29, 0.717) is 11.6 Å². The smallest absolute Gasteiger partial charge is 0.306 e. The Morgan fingerprint density at radius 2 is 2.08 bits per heavy atom. The fourth-order valence-electron chi connectivity index (χ4n) is 3.24. The summed E-state index contributed by atoms with van der Waals surface area (Å²) in [7, 11) is 1.36. The molecule has 0 spiro atoms. The number of nitrogens with zero attached hydrogens (tertiary/aromatic N) is 2. The van der Waals surface area contributed by atoms with Crippen molar-refractivity contribution in [3.8, 4) is 0 Å². The van der Waals surface area contributed by atoms with Crippen molar-refractivity contribution in [2.24, 2.45) is 5.92 Å². The summed E-state index contributed by atoms with van der Waals surface area (Å²) in [6.45, 7) is 5.88. The number of benzene rings is 1. The van der Waals surface area contributed by atoms with Gasteiger partial charge in [-0.15, -0.1) is 0 Å². The molecule has 1 heterocycles. The number of nitro groups is 1.